The van der Waals surface area contributed by atoms with E-state index in [4.69, 9.17) is 9.90 Å². The molecular weight excluding hydrogens is 226 g/mol. The fraction of sp³-hybridized carbons (Fsp3) is 0.133. The molecule has 18 heavy (non-hydrogen) atoms. The topological polar surface area (TPSA) is 63.3 Å². The summed E-state index contributed by atoms with van der Waals surface area (Å²) in [6.07, 6.45) is 0.926. The van der Waals surface area contributed by atoms with Crippen molar-refractivity contribution >= 4 is 6.09 Å². The predicted molar refractivity (Wildman–Crippen MR) is 72.5 cm³/mol. The SMILES string of the molecule is NC(=O)O.c1ccc(CCc2ccccc2)cc1. The van der Waals surface area contributed by atoms with Crippen molar-refractivity contribution in [3.05, 3.63) is 71.8 Å². The first-order valence-electron chi connectivity index (χ1n) is 5.74. The summed E-state index contributed by atoms with van der Waals surface area (Å²) in [5.74, 6) is 0. The quantitative estimate of drug-likeness (QED) is 0.870. The van der Waals surface area contributed by atoms with Crippen LogP contribution in [0.25, 0.3) is 0 Å². The molecule has 3 nitrogen and oxygen atoms in total. The number of carboxylic acid groups (broad SMARTS) is 1. The number of primary amides is 1. The zero-order valence-electron chi connectivity index (χ0n) is 10.1. The number of rotatable bonds is 3. The molecule has 0 fully saturated rings. The van der Waals surface area contributed by atoms with Crippen LogP contribution in [0.15, 0.2) is 60.7 Å². The average molecular weight is 243 g/mol. The fourth-order valence-electron chi connectivity index (χ4n) is 1.58. The van der Waals surface area contributed by atoms with Gasteiger partial charge in [0.2, 0.25) is 0 Å². The normalized spacial score (nSPS) is 9.11. The highest BCUT2D eigenvalue weighted by Gasteiger charge is 1.93. The van der Waals surface area contributed by atoms with E-state index in [2.05, 4.69) is 66.4 Å². The molecule has 0 atom stereocenters. The average Bonchev–Trinajstić information content (AvgIpc) is 2.38. The van der Waals surface area contributed by atoms with Crippen molar-refractivity contribution in [2.45, 2.75) is 12.8 Å². The van der Waals surface area contributed by atoms with E-state index >= 15 is 0 Å². The molecule has 94 valence electrons. The number of hydrogen-bond acceptors (Lipinski definition) is 1. The predicted octanol–water partition coefficient (Wildman–Crippen LogP) is 3.09. The van der Waals surface area contributed by atoms with Gasteiger partial charge in [-0.3, -0.25) is 0 Å². The maximum absolute atomic E-state index is 8.78. The largest absolute Gasteiger partial charge is 0.465 e. The van der Waals surface area contributed by atoms with Gasteiger partial charge in [-0.05, 0) is 24.0 Å². The Morgan fingerprint density at radius 2 is 1.11 bits per heavy atom. The van der Waals surface area contributed by atoms with Gasteiger partial charge in [-0.1, -0.05) is 60.7 Å². The van der Waals surface area contributed by atoms with E-state index in [1.165, 1.54) is 11.1 Å². The van der Waals surface area contributed by atoms with Gasteiger partial charge in [0.1, 0.15) is 0 Å². The maximum atomic E-state index is 8.78. The monoisotopic (exact) mass is 243 g/mol. The Morgan fingerprint density at radius 1 is 0.833 bits per heavy atom. The molecule has 0 spiro atoms. The van der Waals surface area contributed by atoms with Crippen molar-refractivity contribution < 1.29 is 9.90 Å². The summed E-state index contributed by atoms with van der Waals surface area (Å²) in [6.45, 7) is 0. The number of benzene rings is 2. The molecule has 1 amide bonds. The maximum Gasteiger partial charge on any atom is 0.402 e. The second-order valence-electron chi connectivity index (χ2n) is 3.81. The molecule has 2 aromatic rings. The van der Waals surface area contributed by atoms with Gasteiger partial charge < -0.3 is 10.8 Å². The molecule has 0 saturated carbocycles. The van der Waals surface area contributed by atoms with Gasteiger partial charge in [0.15, 0.2) is 0 Å². The number of hydrogen-bond donors (Lipinski definition) is 2. The molecule has 0 unspecified atom stereocenters. The molecule has 0 heterocycles. The second-order valence-corrected chi connectivity index (χ2v) is 3.81. The number of nitrogens with two attached hydrogens (primary N) is 1. The zero-order valence-corrected chi connectivity index (χ0v) is 10.1. The zero-order chi connectivity index (χ0) is 13.2. The molecule has 0 aromatic heterocycles. The van der Waals surface area contributed by atoms with Crippen molar-refractivity contribution in [1.29, 1.82) is 0 Å². The van der Waals surface area contributed by atoms with Gasteiger partial charge in [-0.15, -0.1) is 0 Å². The molecule has 3 N–H and O–H groups in total. The number of carbonyl (C=O) groups is 1. The van der Waals surface area contributed by atoms with Crippen molar-refractivity contribution in [1.82, 2.24) is 0 Å². The van der Waals surface area contributed by atoms with E-state index in [9.17, 15) is 0 Å². The van der Waals surface area contributed by atoms with Crippen LogP contribution in [0.2, 0.25) is 0 Å². The molecule has 0 saturated heterocycles. The number of amides is 1. The Morgan fingerprint density at radius 3 is 1.39 bits per heavy atom. The lowest BCUT2D eigenvalue weighted by atomic mass is 10.0. The highest BCUT2D eigenvalue weighted by atomic mass is 16.4. The van der Waals surface area contributed by atoms with Gasteiger partial charge in [0.05, 0.1) is 0 Å². The third-order valence-electron chi connectivity index (χ3n) is 2.39. The Labute approximate surface area is 107 Å². The van der Waals surface area contributed by atoms with E-state index in [1.54, 1.807) is 0 Å². The van der Waals surface area contributed by atoms with Crippen LogP contribution < -0.4 is 5.73 Å². The molecule has 0 aliphatic heterocycles. The lowest BCUT2D eigenvalue weighted by Gasteiger charge is -2.01. The molecule has 3 heteroatoms. The Hall–Kier alpha value is -2.29. The second kappa shape index (κ2) is 7.90. The van der Waals surface area contributed by atoms with E-state index in [0.717, 1.165) is 12.8 Å². The lowest BCUT2D eigenvalue weighted by molar-refractivity contribution is 0.205. The molecule has 0 aliphatic rings. The van der Waals surface area contributed by atoms with Crippen molar-refractivity contribution in [2.75, 3.05) is 0 Å². The van der Waals surface area contributed by atoms with Crippen LogP contribution >= 0.6 is 0 Å². The smallest absolute Gasteiger partial charge is 0.402 e. The minimum absolute atomic E-state index is 1.13. The molecule has 0 radical (unpaired) electrons. The Bertz CT molecular complexity index is 411. The minimum Gasteiger partial charge on any atom is -0.465 e. The summed E-state index contributed by atoms with van der Waals surface area (Å²) in [4.78, 5) is 8.78. The minimum atomic E-state index is -1.33. The van der Waals surface area contributed by atoms with Gasteiger partial charge in [-0.2, -0.15) is 0 Å². The number of aryl methyl sites for hydroxylation is 2. The molecule has 0 bridgehead atoms. The third-order valence-corrected chi connectivity index (χ3v) is 2.39. The molecule has 0 aliphatic carbocycles. The molecule has 2 aromatic carbocycles. The Kier molecular flexibility index (Phi) is 6.04. The molecular formula is C15H17NO2. The van der Waals surface area contributed by atoms with E-state index in [1.807, 2.05) is 0 Å². The lowest BCUT2D eigenvalue weighted by Crippen LogP contribution is -2.03. The first-order chi connectivity index (χ1) is 8.68. The summed E-state index contributed by atoms with van der Waals surface area (Å²) in [5, 5.41) is 7.19. The first-order valence-corrected chi connectivity index (χ1v) is 5.74. The highest BCUT2D eigenvalue weighted by Crippen LogP contribution is 2.06. The van der Waals surface area contributed by atoms with Crippen LogP contribution in [0.4, 0.5) is 4.79 Å². The van der Waals surface area contributed by atoms with Gasteiger partial charge in [0, 0.05) is 0 Å². The van der Waals surface area contributed by atoms with Gasteiger partial charge in [-0.25, -0.2) is 4.79 Å². The van der Waals surface area contributed by atoms with Crippen molar-refractivity contribution in [3.8, 4) is 0 Å². The summed E-state index contributed by atoms with van der Waals surface area (Å²) in [5.41, 5.74) is 6.85. The standard InChI is InChI=1S/C14H14.CH3NO2/c1-3-7-13(8-4-1)11-12-14-9-5-2-6-10-14;2-1(3)4/h1-10H,11-12H2;2H2,(H,3,4). The van der Waals surface area contributed by atoms with Gasteiger partial charge >= 0.3 is 6.09 Å². The summed E-state index contributed by atoms with van der Waals surface area (Å²) in [6, 6.07) is 21.2. The third kappa shape index (κ3) is 6.33. The summed E-state index contributed by atoms with van der Waals surface area (Å²) in [7, 11) is 0. The molecule has 2 rings (SSSR count). The van der Waals surface area contributed by atoms with Crippen LogP contribution in [0.5, 0.6) is 0 Å². The van der Waals surface area contributed by atoms with Crippen LogP contribution in [0.3, 0.4) is 0 Å². The van der Waals surface area contributed by atoms with Gasteiger partial charge in [0.25, 0.3) is 0 Å². The van der Waals surface area contributed by atoms with Crippen LogP contribution in [-0.4, -0.2) is 11.2 Å². The van der Waals surface area contributed by atoms with Crippen molar-refractivity contribution in [3.63, 3.8) is 0 Å². The van der Waals surface area contributed by atoms with Crippen LogP contribution in [-0.2, 0) is 12.8 Å². The highest BCUT2D eigenvalue weighted by molar-refractivity contribution is 5.61. The first kappa shape index (κ1) is 13.8. The van der Waals surface area contributed by atoms with Crippen LogP contribution in [0.1, 0.15) is 11.1 Å². The van der Waals surface area contributed by atoms with E-state index < -0.39 is 6.09 Å². The Balaban J connectivity index is 0.000000357. The van der Waals surface area contributed by atoms with Crippen LogP contribution in [0, 0.1) is 0 Å². The summed E-state index contributed by atoms with van der Waals surface area (Å²) >= 11 is 0. The van der Waals surface area contributed by atoms with Crippen molar-refractivity contribution in [2.24, 2.45) is 5.73 Å². The van der Waals surface area contributed by atoms with E-state index in [-0.39, 0.29) is 0 Å². The van der Waals surface area contributed by atoms with E-state index in [0.29, 0.717) is 0 Å². The summed E-state index contributed by atoms with van der Waals surface area (Å²) < 4.78 is 0. The fourth-order valence-corrected chi connectivity index (χ4v) is 1.58.